The number of aryl methyl sites for hydroxylation is 1. The molecule has 1 unspecified atom stereocenters. The first kappa shape index (κ1) is 14.1. The smallest absolute Gasteiger partial charge is 0.303 e. The Morgan fingerprint density at radius 1 is 1.43 bits per heavy atom. The molecular weight excluding hydrogens is 266 g/mol. The van der Waals surface area contributed by atoms with E-state index in [2.05, 4.69) is 11.0 Å². The zero-order valence-electron chi connectivity index (χ0n) is 12.3. The Morgan fingerprint density at radius 2 is 2.24 bits per heavy atom. The van der Waals surface area contributed by atoms with Crippen molar-refractivity contribution in [1.29, 1.82) is 0 Å². The topological polar surface area (TPSA) is 53.7 Å². The van der Waals surface area contributed by atoms with Crippen molar-refractivity contribution in [2.75, 3.05) is 13.1 Å². The number of carboxylic acid groups (broad SMARTS) is 1. The quantitative estimate of drug-likeness (QED) is 0.936. The van der Waals surface area contributed by atoms with Crippen molar-refractivity contribution in [2.45, 2.75) is 32.7 Å². The lowest BCUT2D eigenvalue weighted by atomic mass is 9.94. The first-order chi connectivity index (χ1) is 10.1. The minimum atomic E-state index is -0.688. The molecule has 1 aromatic heterocycles. The largest absolute Gasteiger partial charge is 0.481 e. The fourth-order valence-corrected chi connectivity index (χ4v) is 3.35. The number of carbonyl (C=O) groups is 1. The molecule has 1 aliphatic rings. The van der Waals surface area contributed by atoms with Crippen molar-refractivity contribution in [1.82, 2.24) is 4.90 Å². The standard InChI is InChI=1S/C17H21NO3/c1-12-15(14-6-2-3-7-16(14)21-12)11-18-8-4-5-13(10-18)9-17(19)20/h2-3,6-7,13H,4-5,8-11H2,1H3,(H,19,20). The number of fused-ring (bicyclic) bond motifs is 1. The summed E-state index contributed by atoms with van der Waals surface area (Å²) in [6.45, 7) is 4.76. The molecule has 0 radical (unpaired) electrons. The third-order valence-corrected chi connectivity index (χ3v) is 4.35. The van der Waals surface area contributed by atoms with E-state index in [1.165, 1.54) is 10.9 Å². The molecule has 112 valence electrons. The Labute approximate surface area is 124 Å². The summed E-state index contributed by atoms with van der Waals surface area (Å²) in [6.07, 6.45) is 2.38. The Kier molecular flexibility index (Phi) is 3.97. The molecule has 21 heavy (non-hydrogen) atoms. The minimum Gasteiger partial charge on any atom is -0.481 e. The van der Waals surface area contributed by atoms with Crippen molar-refractivity contribution in [3.05, 3.63) is 35.6 Å². The number of nitrogens with zero attached hydrogens (tertiary/aromatic N) is 1. The summed E-state index contributed by atoms with van der Waals surface area (Å²) in [6, 6.07) is 8.11. The van der Waals surface area contributed by atoms with E-state index in [1.807, 2.05) is 25.1 Å². The fourth-order valence-electron chi connectivity index (χ4n) is 3.35. The number of hydrogen-bond donors (Lipinski definition) is 1. The van der Waals surface area contributed by atoms with Crippen LogP contribution in [0.1, 0.15) is 30.6 Å². The molecule has 1 saturated heterocycles. The van der Waals surface area contributed by atoms with E-state index in [4.69, 9.17) is 9.52 Å². The van der Waals surface area contributed by atoms with Gasteiger partial charge in [0.15, 0.2) is 0 Å². The number of piperidine rings is 1. The average Bonchev–Trinajstić information content (AvgIpc) is 2.75. The van der Waals surface area contributed by atoms with Crippen LogP contribution in [0.15, 0.2) is 28.7 Å². The van der Waals surface area contributed by atoms with E-state index in [0.29, 0.717) is 0 Å². The SMILES string of the molecule is Cc1oc2ccccc2c1CN1CCCC(CC(=O)O)C1. The molecule has 0 aliphatic carbocycles. The summed E-state index contributed by atoms with van der Waals surface area (Å²) in [7, 11) is 0. The van der Waals surface area contributed by atoms with Gasteiger partial charge in [0, 0.05) is 30.5 Å². The van der Waals surface area contributed by atoms with E-state index in [-0.39, 0.29) is 12.3 Å². The van der Waals surface area contributed by atoms with Gasteiger partial charge in [-0.3, -0.25) is 9.69 Å². The van der Waals surface area contributed by atoms with Crippen LogP contribution in [-0.4, -0.2) is 29.1 Å². The van der Waals surface area contributed by atoms with Crippen LogP contribution in [0.3, 0.4) is 0 Å². The molecule has 2 heterocycles. The van der Waals surface area contributed by atoms with E-state index < -0.39 is 5.97 Å². The van der Waals surface area contributed by atoms with Crippen LogP contribution < -0.4 is 0 Å². The number of carboxylic acids is 1. The lowest BCUT2D eigenvalue weighted by molar-refractivity contribution is -0.138. The highest BCUT2D eigenvalue weighted by Crippen LogP contribution is 2.28. The van der Waals surface area contributed by atoms with Gasteiger partial charge in [-0.25, -0.2) is 0 Å². The number of benzene rings is 1. The number of furan rings is 1. The summed E-state index contributed by atoms with van der Waals surface area (Å²) in [5.74, 6) is 0.554. The van der Waals surface area contributed by atoms with Crippen molar-refractivity contribution >= 4 is 16.9 Å². The fraction of sp³-hybridized carbons (Fsp3) is 0.471. The molecule has 1 aliphatic heterocycles. The summed E-state index contributed by atoms with van der Waals surface area (Å²) in [5, 5.41) is 10.1. The molecule has 1 fully saturated rings. The lowest BCUT2D eigenvalue weighted by Gasteiger charge is -2.32. The third-order valence-electron chi connectivity index (χ3n) is 4.35. The molecule has 3 rings (SSSR count). The van der Waals surface area contributed by atoms with Gasteiger partial charge in [0.1, 0.15) is 11.3 Å². The van der Waals surface area contributed by atoms with Crippen LogP contribution in [0.4, 0.5) is 0 Å². The van der Waals surface area contributed by atoms with Crippen molar-refractivity contribution < 1.29 is 14.3 Å². The highest BCUT2D eigenvalue weighted by Gasteiger charge is 2.23. The van der Waals surface area contributed by atoms with Gasteiger partial charge in [0.2, 0.25) is 0 Å². The average molecular weight is 287 g/mol. The zero-order valence-corrected chi connectivity index (χ0v) is 12.3. The molecular formula is C17H21NO3. The maximum atomic E-state index is 10.9. The summed E-state index contributed by atoms with van der Waals surface area (Å²) < 4.78 is 5.81. The summed E-state index contributed by atoms with van der Waals surface area (Å²) >= 11 is 0. The maximum Gasteiger partial charge on any atom is 0.303 e. The Morgan fingerprint density at radius 3 is 3.05 bits per heavy atom. The number of aliphatic carboxylic acids is 1. The van der Waals surface area contributed by atoms with Crippen LogP contribution in [0.25, 0.3) is 11.0 Å². The van der Waals surface area contributed by atoms with Gasteiger partial charge < -0.3 is 9.52 Å². The van der Waals surface area contributed by atoms with Crippen LogP contribution in [0.2, 0.25) is 0 Å². The minimum absolute atomic E-state index is 0.273. The van der Waals surface area contributed by atoms with E-state index in [9.17, 15) is 4.79 Å². The van der Waals surface area contributed by atoms with Crippen molar-refractivity contribution in [2.24, 2.45) is 5.92 Å². The Balaban J connectivity index is 1.75. The first-order valence-electron chi connectivity index (χ1n) is 7.54. The zero-order chi connectivity index (χ0) is 14.8. The first-order valence-corrected chi connectivity index (χ1v) is 7.54. The van der Waals surface area contributed by atoms with Gasteiger partial charge in [-0.15, -0.1) is 0 Å². The monoisotopic (exact) mass is 287 g/mol. The van der Waals surface area contributed by atoms with Gasteiger partial charge in [-0.2, -0.15) is 0 Å². The molecule has 1 atom stereocenters. The maximum absolute atomic E-state index is 10.9. The molecule has 2 aromatic rings. The number of rotatable bonds is 4. The third kappa shape index (κ3) is 3.10. The highest BCUT2D eigenvalue weighted by atomic mass is 16.4. The second-order valence-corrected chi connectivity index (χ2v) is 5.97. The molecule has 4 nitrogen and oxygen atoms in total. The van der Waals surface area contributed by atoms with Crippen LogP contribution in [-0.2, 0) is 11.3 Å². The lowest BCUT2D eigenvalue weighted by Crippen LogP contribution is -2.35. The predicted molar refractivity (Wildman–Crippen MR) is 81.2 cm³/mol. The molecule has 0 saturated carbocycles. The Bertz CT molecular complexity index is 647. The van der Waals surface area contributed by atoms with Crippen LogP contribution in [0, 0.1) is 12.8 Å². The summed E-state index contributed by atoms with van der Waals surface area (Å²) in [4.78, 5) is 13.2. The normalized spacial score (nSPS) is 20.0. The predicted octanol–water partition coefficient (Wildman–Crippen LogP) is 3.43. The molecule has 0 spiro atoms. The van der Waals surface area contributed by atoms with E-state index in [0.717, 1.165) is 43.8 Å². The van der Waals surface area contributed by atoms with Gasteiger partial charge >= 0.3 is 5.97 Å². The molecule has 1 aromatic carbocycles. The van der Waals surface area contributed by atoms with Crippen LogP contribution in [0.5, 0.6) is 0 Å². The molecule has 0 amide bonds. The van der Waals surface area contributed by atoms with Gasteiger partial charge in [0.25, 0.3) is 0 Å². The van der Waals surface area contributed by atoms with Gasteiger partial charge in [-0.05, 0) is 38.3 Å². The number of hydrogen-bond acceptors (Lipinski definition) is 3. The van der Waals surface area contributed by atoms with Gasteiger partial charge in [0.05, 0.1) is 0 Å². The van der Waals surface area contributed by atoms with Crippen molar-refractivity contribution in [3.63, 3.8) is 0 Å². The number of likely N-dealkylation sites (tertiary alicyclic amines) is 1. The van der Waals surface area contributed by atoms with E-state index in [1.54, 1.807) is 0 Å². The highest BCUT2D eigenvalue weighted by molar-refractivity contribution is 5.82. The van der Waals surface area contributed by atoms with Crippen LogP contribution >= 0.6 is 0 Å². The summed E-state index contributed by atoms with van der Waals surface area (Å²) in [5.41, 5.74) is 2.17. The second kappa shape index (κ2) is 5.90. The van der Waals surface area contributed by atoms with Crippen molar-refractivity contribution in [3.8, 4) is 0 Å². The molecule has 0 bridgehead atoms. The van der Waals surface area contributed by atoms with E-state index >= 15 is 0 Å². The molecule has 1 N–H and O–H groups in total. The Hall–Kier alpha value is -1.81. The number of para-hydroxylation sites is 1. The second-order valence-electron chi connectivity index (χ2n) is 5.97. The molecule has 4 heteroatoms. The van der Waals surface area contributed by atoms with Gasteiger partial charge in [-0.1, -0.05) is 18.2 Å².